The number of sulfonamides is 1. The molecule has 22 heavy (non-hydrogen) atoms. The van der Waals surface area contributed by atoms with Crippen LogP contribution in [-0.2, 0) is 15.4 Å². The molecule has 0 atom stereocenters. The molecule has 116 valence electrons. The third-order valence-electron chi connectivity index (χ3n) is 3.23. The van der Waals surface area contributed by atoms with Crippen LogP contribution >= 0.6 is 0 Å². The summed E-state index contributed by atoms with van der Waals surface area (Å²) in [7, 11) is -3.55. The van der Waals surface area contributed by atoms with Gasteiger partial charge in [0.25, 0.3) is 10.0 Å². The molecule has 2 aromatic rings. The number of hydrogen-bond acceptors (Lipinski definition) is 2. The number of nitrogens with one attached hydrogen (secondary N) is 1. The van der Waals surface area contributed by atoms with Crippen molar-refractivity contribution in [3.8, 4) is 0 Å². The number of hydrogen-bond donors (Lipinski definition) is 1. The summed E-state index contributed by atoms with van der Waals surface area (Å²) in [5.41, 5.74) is 2.29. The average Bonchev–Trinajstić information content (AvgIpc) is 2.45. The van der Waals surface area contributed by atoms with Crippen molar-refractivity contribution >= 4 is 21.8 Å². The molecule has 0 fully saturated rings. The highest BCUT2D eigenvalue weighted by Crippen LogP contribution is 2.29. The minimum atomic E-state index is -3.55. The molecule has 0 radical (unpaired) electrons. The molecule has 0 saturated carbocycles. The van der Waals surface area contributed by atoms with Crippen LogP contribution in [0.3, 0.4) is 0 Å². The number of benzene rings is 2. The lowest BCUT2D eigenvalue weighted by Gasteiger charge is -2.22. The van der Waals surface area contributed by atoms with Crippen LogP contribution < -0.4 is 4.72 Å². The zero-order valence-electron chi connectivity index (χ0n) is 13.1. The monoisotopic (exact) mass is 315 g/mol. The van der Waals surface area contributed by atoms with Crippen LogP contribution in [0.25, 0.3) is 6.08 Å². The Balaban J connectivity index is 2.25. The van der Waals surface area contributed by atoms with Crippen LogP contribution in [0.4, 0.5) is 5.69 Å². The molecule has 0 aliphatic heterocycles. The Morgan fingerprint density at radius 1 is 0.909 bits per heavy atom. The van der Waals surface area contributed by atoms with Gasteiger partial charge >= 0.3 is 0 Å². The lowest BCUT2D eigenvalue weighted by Crippen LogP contribution is -2.17. The molecule has 2 aromatic carbocycles. The second kappa shape index (κ2) is 6.36. The Labute approximate surface area is 132 Å². The Morgan fingerprint density at radius 3 is 2.14 bits per heavy atom. The van der Waals surface area contributed by atoms with E-state index in [1.165, 1.54) is 5.41 Å². The van der Waals surface area contributed by atoms with Crippen LogP contribution in [0, 0.1) is 0 Å². The summed E-state index contributed by atoms with van der Waals surface area (Å²) in [5, 5.41) is 1.20. The lowest BCUT2D eigenvalue weighted by molar-refractivity contribution is 0.591. The first-order chi connectivity index (χ1) is 10.3. The molecular weight excluding hydrogens is 294 g/mol. The number of anilines is 1. The van der Waals surface area contributed by atoms with Gasteiger partial charge in [-0.2, -0.15) is 0 Å². The normalized spacial score (nSPS) is 12.5. The predicted molar refractivity (Wildman–Crippen MR) is 93.2 cm³/mol. The molecule has 0 aliphatic carbocycles. The minimum absolute atomic E-state index is 0.137. The second-order valence-electron chi connectivity index (χ2n) is 6.16. The summed E-state index contributed by atoms with van der Waals surface area (Å²) in [4.78, 5) is 0. The van der Waals surface area contributed by atoms with Crippen LogP contribution in [0.1, 0.15) is 31.9 Å². The molecule has 0 unspecified atom stereocenters. The minimum Gasteiger partial charge on any atom is -0.280 e. The average molecular weight is 315 g/mol. The molecule has 0 amide bonds. The molecular formula is C18H21NO2S. The second-order valence-corrected chi connectivity index (χ2v) is 7.72. The van der Waals surface area contributed by atoms with Crippen LogP contribution in [0.15, 0.2) is 60.0 Å². The Hall–Kier alpha value is -2.07. The van der Waals surface area contributed by atoms with E-state index in [4.69, 9.17) is 0 Å². The van der Waals surface area contributed by atoms with Crippen molar-refractivity contribution in [2.24, 2.45) is 0 Å². The fourth-order valence-electron chi connectivity index (χ4n) is 2.15. The van der Waals surface area contributed by atoms with E-state index < -0.39 is 10.0 Å². The van der Waals surface area contributed by atoms with Gasteiger partial charge in [-0.1, -0.05) is 69.3 Å². The number of rotatable bonds is 4. The molecule has 2 rings (SSSR count). The van der Waals surface area contributed by atoms with Gasteiger partial charge in [-0.3, -0.25) is 4.72 Å². The molecule has 4 heteroatoms. The van der Waals surface area contributed by atoms with Crippen molar-refractivity contribution in [2.75, 3.05) is 4.72 Å². The maximum atomic E-state index is 12.3. The summed E-state index contributed by atoms with van der Waals surface area (Å²) < 4.78 is 27.2. The van der Waals surface area contributed by atoms with Crippen molar-refractivity contribution < 1.29 is 8.42 Å². The molecule has 3 nitrogen and oxygen atoms in total. The summed E-state index contributed by atoms with van der Waals surface area (Å²) in [6.07, 6.45) is 1.59. The van der Waals surface area contributed by atoms with Gasteiger partial charge in [0.05, 0.1) is 11.1 Å². The quantitative estimate of drug-likeness (QED) is 0.909. The summed E-state index contributed by atoms with van der Waals surface area (Å²) in [6.45, 7) is 6.17. The zero-order valence-corrected chi connectivity index (χ0v) is 13.9. The van der Waals surface area contributed by atoms with Gasteiger partial charge in [0.2, 0.25) is 0 Å². The summed E-state index contributed by atoms with van der Waals surface area (Å²) in [6, 6.07) is 16.8. The van der Waals surface area contributed by atoms with Crippen molar-refractivity contribution in [2.45, 2.75) is 26.2 Å². The maximum absolute atomic E-state index is 12.3. The maximum Gasteiger partial charge on any atom is 0.255 e. The van der Waals surface area contributed by atoms with Gasteiger partial charge < -0.3 is 0 Å². The highest BCUT2D eigenvalue weighted by atomic mass is 32.2. The Morgan fingerprint density at radius 2 is 1.50 bits per heavy atom. The molecule has 0 spiro atoms. The van der Waals surface area contributed by atoms with E-state index in [-0.39, 0.29) is 5.41 Å². The fraction of sp³-hybridized carbons (Fsp3) is 0.222. The molecule has 0 bridgehead atoms. The lowest BCUT2D eigenvalue weighted by atomic mass is 9.86. The topological polar surface area (TPSA) is 46.2 Å². The van der Waals surface area contributed by atoms with E-state index in [9.17, 15) is 8.42 Å². The van der Waals surface area contributed by atoms with Gasteiger partial charge in [0.1, 0.15) is 0 Å². The van der Waals surface area contributed by atoms with Crippen LogP contribution in [-0.4, -0.2) is 8.42 Å². The fourth-order valence-corrected chi connectivity index (χ4v) is 3.03. The van der Waals surface area contributed by atoms with Gasteiger partial charge in [-0.05, 0) is 28.7 Å². The standard InChI is InChI=1S/C18H21NO2S/c1-18(2,3)16-11-7-8-12-17(16)19-22(20,21)14-13-15-9-5-4-6-10-15/h4-14,19H,1-3H3/b14-13+. The van der Waals surface area contributed by atoms with Crippen molar-refractivity contribution in [3.05, 3.63) is 71.1 Å². The predicted octanol–water partition coefficient (Wildman–Crippen LogP) is 4.40. The van der Waals surface area contributed by atoms with E-state index in [1.54, 1.807) is 12.1 Å². The number of para-hydroxylation sites is 1. The van der Waals surface area contributed by atoms with E-state index in [0.29, 0.717) is 5.69 Å². The van der Waals surface area contributed by atoms with E-state index >= 15 is 0 Å². The van der Waals surface area contributed by atoms with Gasteiger partial charge in [0, 0.05) is 0 Å². The zero-order chi connectivity index (χ0) is 16.2. The molecule has 0 heterocycles. The van der Waals surface area contributed by atoms with E-state index in [2.05, 4.69) is 25.5 Å². The molecule has 1 N–H and O–H groups in total. The summed E-state index contributed by atoms with van der Waals surface area (Å²) >= 11 is 0. The first-order valence-electron chi connectivity index (χ1n) is 7.13. The van der Waals surface area contributed by atoms with Crippen molar-refractivity contribution in [1.82, 2.24) is 0 Å². The van der Waals surface area contributed by atoms with E-state index in [0.717, 1.165) is 11.1 Å². The largest absolute Gasteiger partial charge is 0.280 e. The first-order valence-corrected chi connectivity index (χ1v) is 8.68. The van der Waals surface area contributed by atoms with Crippen LogP contribution in [0.5, 0.6) is 0 Å². The third-order valence-corrected chi connectivity index (χ3v) is 4.23. The molecule has 0 saturated heterocycles. The van der Waals surface area contributed by atoms with E-state index in [1.807, 2.05) is 48.5 Å². The highest BCUT2D eigenvalue weighted by Gasteiger charge is 2.19. The van der Waals surface area contributed by atoms with Gasteiger partial charge in [-0.25, -0.2) is 8.42 Å². The van der Waals surface area contributed by atoms with Crippen molar-refractivity contribution in [1.29, 1.82) is 0 Å². The molecule has 0 aromatic heterocycles. The first kappa shape index (κ1) is 16.3. The molecule has 0 aliphatic rings. The van der Waals surface area contributed by atoms with Gasteiger partial charge in [0.15, 0.2) is 0 Å². The smallest absolute Gasteiger partial charge is 0.255 e. The van der Waals surface area contributed by atoms with Crippen LogP contribution in [0.2, 0.25) is 0 Å². The van der Waals surface area contributed by atoms with Crippen molar-refractivity contribution in [3.63, 3.8) is 0 Å². The SMILES string of the molecule is CC(C)(C)c1ccccc1NS(=O)(=O)/C=C/c1ccccc1. The highest BCUT2D eigenvalue weighted by molar-refractivity contribution is 7.95. The summed E-state index contributed by atoms with van der Waals surface area (Å²) in [5.74, 6) is 0. The third kappa shape index (κ3) is 4.46. The Bertz CT molecular complexity index is 757. The van der Waals surface area contributed by atoms with Gasteiger partial charge in [-0.15, -0.1) is 0 Å². The Kier molecular flexibility index (Phi) is 4.71.